The smallest absolute Gasteiger partial charge is 0.126 e. The number of benzene rings is 1. The largest absolute Gasteiger partial charge is 0.292 e. The number of nitrogens with one attached hydrogen (secondary N) is 1. The molecule has 0 amide bonds. The summed E-state index contributed by atoms with van der Waals surface area (Å²) >= 11 is 2.03. The zero-order valence-corrected chi connectivity index (χ0v) is 13.3. The molecule has 3 aliphatic carbocycles. The molecular weight excluding hydrogens is 276 g/mol. The van der Waals surface area contributed by atoms with Gasteiger partial charge in [-0.1, -0.05) is 48.0 Å². The number of fused-ring (bicyclic) bond motifs is 6. The van der Waals surface area contributed by atoms with Gasteiger partial charge >= 0.3 is 0 Å². The van der Waals surface area contributed by atoms with Crippen molar-refractivity contribution >= 4 is 16.8 Å². The van der Waals surface area contributed by atoms with Crippen LogP contribution in [0.2, 0.25) is 0 Å². The zero-order chi connectivity index (χ0) is 14.0. The highest BCUT2D eigenvalue weighted by Crippen LogP contribution is 2.66. The van der Waals surface area contributed by atoms with Crippen LogP contribution in [0.3, 0.4) is 0 Å². The molecule has 1 aromatic rings. The molecule has 1 aliphatic heterocycles. The Labute approximate surface area is 130 Å². The van der Waals surface area contributed by atoms with Gasteiger partial charge < -0.3 is 0 Å². The Kier molecular flexibility index (Phi) is 2.56. The standard InChI is InChI=1S/C18H22N2S/c1-11-5-7-12(8-6-11)17-19-20-18(21-17)10-13-9-16(18)15-4-2-3-14(13)15/h5-8,13-16,20H,2-4,9-10H2,1H3/t13-,14-,15+,16+,18-/m1/s1. The molecule has 0 aromatic heterocycles. The Morgan fingerprint density at radius 3 is 2.86 bits per heavy atom. The van der Waals surface area contributed by atoms with E-state index in [1.165, 1.54) is 48.3 Å². The molecule has 4 aliphatic rings. The summed E-state index contributed by atoms with van der Waals surface area (Å²) in [5.74, 6) is 3.85. The lowest BCUT2D eigenvalue weighted by atomic mass is 9.79. The van der Waals surface area contributed by atoms with E-state index in [2.05, 4.69) is 36.6 Å². The molecule has 0 unspecified atom stereocenters. The molecule has 2 nitrogen and oxygen atoms in total. The summed E-state index contributed by atoms with van der Waals surface area (Å²) in [5.41, 5.74) is 6.19. The molecule has 3 fully saturated rings. The summed E-state index contributed by atoms with van der Waals surface area (Å²) in [4.78, 5) is 0.233. The second kappa shape index (κ2) is 4.28. The van der Waals surface area contributed by atoms with Crippen LogP contribution in [0.4, 0.5) is 0 Å². The van der Waals surface area contributed by atoms with Crippen molar-refractivity contribution in [2.45, 2.75) is 43.9 Å². The average Bonchev–Trinajstić information content (AvgIpc) is 3.22. The third kappa shape index (κ3) is 1.70. The molecule has 21 heavy (non-hydrogen) atoms. The van der Waals surface area contributed by atoms with Crippen molar-refractivity contribution in [2.24, 2.45) is 28.8 Å². The maximum Gasteiger partial charge on any atom is 0.126 e. The lowest BCUT2D eigenvalue weighted by molar-refractivity contribution is 0.192. The maximum atomic E-state index is 4.73. The van der Waals surface area contributed by atoms with Crippen molar-refractivity contribution in [3.8, 4) is 0 Å². The van der Waals surface area contributed by atoms with Crippen LogP contribution in [0.5, 0.6) is 0 Å². The van der Waals surface area contributed by atoms with Crippen molar-refractivity contribution in [3.05, 3.63) is 35.4 Å². The minimum atomic E-state index is 0.233. The van der Waals surface area contributed by atoms with Gasteiger partial charge in [-0.25, -0.2) is 0 Å². The number of thioether (sulfide) groups is 1. The highest BCUT2D eigenvalue weighted by molar-refractivity contribution is 8.15. The molecule has 0 saturated heterocycles. The Hall–Kier alpha value is -0.960. The van der Waals surface area contributed by atoms with Crippen LogP contribution in [0.1, 0.15) is 43.2 Å². The fourth-order valence-electron chi connectivity index (χ4n) is 5.52. The van der Waals surface area contributed by atoms with E-state index in [4.69, 9.17) is 5.10 Å². The van der Waals surface area contributed by atoms with Gasteiger partial charge in [-0.2, -0.15) is 5.10 Å². The molecule has 110 valence electrons. The van der Waals surface area contributed by atoms with Crippen LogP contribution in [-0.2, 0) is 0 Å². The molecule has 1 spiro atoms. The number of hydrazone groups is 1. The van der Waals surface area contributed by atoms with Crippen LogP contribution in [-0.4, -0.2) is 9.91 Å². The molecule has 1 N–H and O–H groups in total. The highest BCUT2D eigenvalue weighted by Gasteiger charge is 2.63. The topological polar surface area (TPSA) is 24.4 Å². The SMILES string of the molecule is Cc1ccc(C2=NN[C@]3(C[C@H]4C[C@H]3[C@H]3CCC[C@H]43)S2)cc1. The molecule has 1 heterocycles. The maximum absolute atomic E-state index is 4.73. The quantitative estimate of drug-likeness (QED) is 0.842. The van der Waals surface area contributed by atoms with Crippen LogP contribution in [0.15, 0.2) is 29.4 Å². The molecular formula is C18H22N2S. The van der Waals surface area contributed by atoms with Gasteiger partial charge in [0.25, 0.3) is 0 Å². The summed E-state index contributed by atoms with van der Waals surface area (Å²) < 4.78 is 0. The predicted molar refractivity (Wildman–Crippen MR) is 88.2 cm³/mol. The lowest BCUT2D eigenvalue weighted by Crippen LogP contribution is -2.45. The molecule has 2 bridgehead atoms. The summed E-state index contributed by atoms with van der Waals surface area (Å²) in [6.07, 6.45) is 7.22. The van der Waals surface area contributed by atoms with E-state index in [0.717, 1.165) is 23.7 Å². The van der Waals surface area contributed by atoms with Gasteiger partial charge in [0.05, 0.1) is 0 Å². The van der Waals surface area contributed by atoms with E-state index < -0.39 is 0 Å². The van der Waals surface area contributed by atoms with Crippen LogP contribution < -0.4 is 5.43 Å². The summed E-state index contributed by atoms with van der Waals surface area (Å²) in [7, 11) is 0. The van der Waals surface area contributed by atoms with Gasteiger partial charge in [0.1, 0.15) is 9.91 Å². The normalized spacial score (nSPS) is 43.2. The van der Waals surface area contributed by atoms with Gasteiger partial charge in [0.15, 0.2) is 0 Å². The highest BCUT2D eigenvalue weighted by atomic mass is 32.2. The summed E-state index contributed by atoms with van der Waals surface area (Å²) in [6.45, 7) is 2.14. The Balaban J connectivity index is 1.41. The van der Waals surface area contributed by atoms with Crippen LogP contribution in [0, 0.1) is 30.6 Å². The Bertz CT molecular complexity index is 608. The second-order valence-corrected chi connectivity index (χ2v) is 8.77. The minimum absolute atomic E-state index is 0.233. The van der Waals surface area contributed by atoms with Crippen molar-refractivity contribution in [1.82, 2.24) is 5.43 Å². The first-order chi connectivity index (χ1) is 10.3. The van der Waals surface area contributed by atoms with Crippen molar-refractivity contribution < 1.29 is 0 Å². The fourth-order valence-corrected chi connectivity index (χ4v) is 7.02. The second-order valence-electron chi connectivity index (χ2n) is 7.45. The fraction of sp³-hybridized carbons (Fsp3) is 0.611. The minimum Gasteiger partial charge on any atom is -0.292 e. The number of aryl methyl sites for hydroxylation is 1. The van der Waals surface area contributed by atoms with Gasteiger partial charge in [-0.05, 0) is 56.3 Å². The zero-order valence-electron chi connectivity index (χ0n) is 12.5. The van der Waals surface area contributed by atoms with Gasteiger partial charge in [0.2, 0.25) is 0 Å². The van der Waals surface area contributed by atoms with E-state index in [1.807, 2.05) is 11.8 Å². The van der Waals surface area contributed by atoms with E-state index in [1.54, 1.807) is 0 Å². The number of nitrogens with zero attached hydrogens (tertiary/aromatic N) is 1. The van der Waals surface area contributed by atoms with Gasteiger partial charge in [-0.15, -0.1) is 0 Å². The summed E-state index contributed by atoms with van der Waals surface area (Å²) in [6, 6.07) is 8.81. The first-order valence-corrected chi connectivity index (χ1v) is 9.18. The average molecular weight is 298 g/mol. The lowest BCUT2D eigenvalue weighted by Gasteiger charge is -2.38. The first-order valence-electron chi connectivity index (χ1n) is 8.36. The summed E-state index contributed by atoms with van der Waals surface area (Å²) in [5, 5.41) is 5.94. The predicted octanol–water partition coefficient (Wildman–Crippen LogP) is 4.15. The van der Waals surface area contributed by atoms with E-state index >= 15 is 0 Å². The number of rotatable bonds is 1. The molecule has 5 rings (SSSR count). The molecule has 5 atom stereocenters. The monoisotopic (exact) mass is 298 g/mol. The third-order valence-electron chi connectivity index (χ3n) is 6.39. The van der Waals surface area contributed by atoms with Crippen molar-refractivity contribution in [2.75, 3.05) is 0 Å². The van der Waals surface area contributed by atoms with Crippen LogP contribution in [0.25, 0.3) is 0 Å². The Morgan fingerprint density at radius 2 is 2.00 bits per heavy atom. The Morgan fingerprint density at radius 1 is 1.19 bits per heavy atom. The van der Waals surface area contributed by atoms with E-state index in [0.29, 0.717) is 0 Å². The molecule has 0 radical (unpaired) electrons. The molecule has 1 aromatic carbocycles. The van der Waals surface area contributed by atoms with Gasteiger partial charge in [0, 0.05) is 5.56 Å². The number of hydrogen-bond acceptors (Lipinski definition) is 3. The third-order valence-corrected chi connectivity index (χ3v) is 7.84. The number of hydrogen-bond donors (Lipinski definition) is 1. The molecule has 3 saturated carbocycles. The van der Waals surface area contributed by atoms with Crippen molar-refractivity contribution in [1.29, 1.82) is 0 Å². The van der Waals surface area contributed by atoms with Crippen molar-refractivity contribution in [3.63, 3.8) is 0 Å². The van der Waals surface area contributed by atoms with Gasteiger partial charge in [-0.3, -0.25) is 5.43 Å². The van der Waals surface area contributed by atoms with Crippen LogP contribution >= 0.6 is 11.8 Å². The molecule has 3 heteroatoms. The van der Waals surface area contributed by atoms with E-state index in [9.17, 15) is 0 Å². The van der Waals surface area contributed by atoms with E-state index in [-0.39, 0.29) is 4.87 Å². The first kappa shape index (κ1) is 12.6.